The summed E-state index contributed by atoms with van der Waals surface area (Å²) in [5.41, 5.74) is 4.20. The summed E-state index contributed by atoms with van der Waals surface area (Å²) in [7, 11) is 0. The van der Waals surface area contributed by atoms with Gasteiger partial charge in [-0.15, -0.1) is 0 Å². The molecule has 3 rings (SSSR count). The van der Waals surface area contributed by atoms with Gasteiger partial charge in [-0.1, -0.05) is 19.1 Å². The Morgan fingerprint density at radius 3 is 3.24 bits per heavy atom. The molecule has 17 heavy (non-hydrogen) atoms. The zero-order valence-electron chi connectivity index (χ0n) is 10.1. The third kappa shape index (κ3) is 1.76. The van der Waals surface area contributed by atoms with Gasteiger partial charge in [0.05, 0.1) is 5.69 Å². The number of benzene rings is 1. The average Bonchev–Trinajstić information content (AvgIpc) is 2.86. The van der Waals surface area contributed by atoms with Crippen molar-refractivity contribution in [3.05, 3.63) is 47.5 Å². The molecule has 1 N–H and O–H groups in total. The number of aryl methyl sites for hydroxylation is 1. The van der Waals surface area contributed by atoms with E-state index in [-0.39, 0.29) is 0 Å². The summed E-state index contributed by atoms with van der Waals surface area (Å²) in [5.74, 6) is 1.14. The molecule has 0 saturated heterocycles. The van der Waals surface area contributed by atoms with E-state index in [4.69, 9.17) is 0 Å². The van der Waals surface area contributed by atoms with Crippen LogP contribution in [0.2, 0.25) is 0 Å². The third-order valence-electron chi connectivity index (χ3n) is 3.41. The number of nitrogens with one attached hydrogen (secondary N) is 1. The third-order valence-corrected chi connectivity index (χ3v) is 3.41. The van der Waals surface area contributed by atoms with Crippen LogP contribution in [0.25, 0.3) is 5.69 Å². The van der Waals surface area contributed by atoms with Crippen molar-refractivity contribution in [1.29, 1.82) is 0 Å². The number of aromatic nitrogens is 2. The number of nitrogens with zero attached hydrogens (tertiary/aromatic N) is 2. The van der Waals surface area contributed by atoms with Crippen LogP contribution in [-0.4, -0.2) is 16.1 Å². The Bertz CT molecular complexity index is 528. The molecule has 1 aromatic carbocycles. The normalized spacial score (nSPS) is 14.6. The highest BCUT2D eigenvalue weighted by atomic mass is 15.1. The average molecular weight is 227 g/mol. The Balaban J connectivity index is 2.14. The minimum Gasteiger partial charge on any atom is -0.312 e. The van der Waals surface area contributed by atoms with E-state index in [9.17, 15) is 0 Å². The van der Waals surface area contributed by atoms with Crippen LogP contribution in [0.5, 0.6) is 0 Å². The standard InChI is InChI=1S/C14H17N3/c1-2-14-16-8-9-17(14)13-5-3-4-11-10-15-7-6-12(11)13/h3-5,8-9,15H,2,6-7,10H2,1H3. The van der Waals surface area contributed by atoms with Gasteiger partial charge >= 0.3 is 0 Å². The summed E-state index contributed by atoms with van der Waals surface area (Å²) in [6.45, 7) is 4.20. The fraction of sp³-hybridized carbons (Fsp3) is 0.357. The lowest BCUT2D eigenvalue weighted by Crippen LogP contribution is -2.24. The molecule has 0 fully saturated rings. The molecule has 0 atom stereocenters. The summed E-state index contributed by atoms with van der Waals surface area (Å²) < 4.78 is 2.23. The molecular formula is C14H17N3. The first-order chi connectivity index (χ1) is 8.40. The minimum absolute atomic E-state index is 0.967. The second-order valence-corrected chi connectivity index (χ2v) is 4.41. The van der Waals surface area contributed by atoms with Crippen LogP contribution in [0.15, 0.2) is 30.6 Å². The lowest BCUT2D eigenvalue weighted by molar-refractivity contribution is 0.640. The van der Waals surface area contributed by atoms with E-state index in [1.54, 1.807) is 0 Å². The van der Waals surface area contributed by atoms with Gasteiger partial charge in [-0.2, -0.15) is 0 Å². The van der Waals surface area contributed by atoms with Crippen molar-refractivity contribution in [2.75, 3.05) is 6.54 Å². The van der Waals surface area contributed by atoms with Crippen LogP contribution in [-0.2, 0) is 19.4 Å². The summed E-state index contributed by atoms with van der Waals surface area (Å²) in [5, 5.41) is 3.42. The van der Waals surface area contributed by atoms with Crippen molar-refractivity contribution in [1.82, 2.24) is 14.9 Å². The van der Waals surface area contributed by atoms with Crippen LogP contribution in [0.4, 0.5) is 0 Å². The summed E-state index contributed by atoms with van der Waals surface area (Å²) in [6.07, 6.45) is 6.03. The van der Waals surface area contributed by atoms with E-state index >= 15 is 0 Å². The lowest BCUT2D eigenvalue weighted by atomic mass is 9.99. The molecule has 0 saturated carbocycles. The topological polar surface area (TPSA) is 29.9 Å². The first kappa shape index (κ1) is 10.5. The highest BCUT2D eigenvalue weighted by Crippen LogP contribution is 2.23. The maximum Gasteiger partial charge on any atom is 0.112 e. The molecule has 1 aliphatic heterocycles. The first-order valence-electron chi connectivity index (χ1n) is 6.24. The van der Waals surface area contributed by atoms with Crippen LogP contribution in [0.3, 0.4) is 0 Å². The predicted octanol–water partition coefficient (Wildman–Crippen LogP) is 2.08. The smallest absolute Gasteiger partial charge is 0.112 e. The summed E-state index contributed by atoms with van der Waals surface area (Å²) in [4.78, 5) is 4.41. The molecule has 0 amide bonds. The molecule has 0 aliphatic carbocycles. The summed E-state index contributed by atoms with van der Waals surface area (Å²) >= 11 is 0. The van der Waals surface area contributed by atoms with Crippen LogP contribution in [0, 0.1) is 0 Å². The molecule has 0 spiro atoms. The number of rotatable bonds is 2. The van der Waals surface area contributed by atoms with E-state index in [1.807, 2.05) is 6.20 Å². The highest BCUT2D eigenvalue weighted by molar-refractivity contribution is 5.48. The van der Waals surface area contributed by atoms with Gasteiger partial charge < -0.3 is 9.88 Å². The molecule has 0 bridgehead atoms. The highest BCUT2D eigenvalue weighted by Gasteiger charge is 2.14. The molecule has 0 radical (unpaired) electrons. The van der Waals surface area contributed by atoms with Gasteiger partial charge in [0, 0.05) is 25.4 Å². The van der Waals surface area contributed by atoms with Gasteiger partial charge in [-0.05, 0) is 30.2 Å². The number of hydrogen-bond donors (Lipinski definition) is 1. The fourth-order valence-corrected chi connectivity index (χ4v) is 2.55. The SMILES string of the molecule is CCc1nccn1-c1cccc2c1CCNC2. The molecule has 3 nitrogen and oxygen atoms in total. The monoisotopic (exact) mass is 227 g/mol. The Morgan fingerprint density at radius 1 is 1.41 bits per heavy atom. The van der Waals surface area contributed by atoms with Gasteiger partial charge in [-0.25, -0.2) is 4.98 Å². The van der Waals surface area contributed by atoms with Gasteiger partial charge in [0.2, 0.25) is 0 Å². The number of fused-ring (bicyclic) bond motifs is 1. The zero-order chi connectivity index (χ0) is 11.7. The second kappa shape index (κ2) is 4.34. The van der Waals surface area contributed by atoms with Crippen molar-refractivity contribution in [3.63, 3.8) is 0 Å². The van der Waals surface area contributed by atoms with Gasteiger partial charge in [0.15, 0.2) is 0 Å². The van der Waals surface area contributed by atoms with Crippen molar-refractivity contribution in [2.24, 2.45) is 0 Å². The first-order valence-corrected chi connectivity index (χ1v) is 6.24. The number of imidazole rings is 1. The van der Waals surface area contributed by atoms with Crippen LogP contribution in [0.1, 0.15) is 23.9 Å². The summed E-state index contributed by atoms with van der Waals surface area (Å²) in [6, 6.07) is 6.55. The lowest BCUT2D eigenvalue weighted by Gasteiger charge is -2.21. The molecular weight excluding hydrogens is 210 g/mol. The molecule has 1 aromatic heterocycles. The van der Waals surface area contributed by atoms with E-state index in [1.165, 1.54) is 16.8 Å². The van der Waals surface area contributed by atoms with Crippen molar-refractivity contribution in [3.8, 4) is 5.69 Å². The minimum atomic E-state index is 0.967. The van der Waals surface area contributed by atoms with Gasteiger partial charge in [0.25, 0.3) is 0 Å². The Kier molecular flexibility index (Phi) is 2.69. The maximum atomic E-state index is 4.41. The van der Waals surface area contributed by atoms with Crippen LogP contribution >= 0.6 is 0 Å². The second-order valence-electron chi connectivity index (χ2n) is 4.41. The maximum absolute atomic E-state index is 4.41. The van der Waals surface area contributed by atoms with Crippen LogP contribution < -0.4 is 5.32 Å². The van der Waals surface area contributed by atoms with E-state index in [2.05, 4.69) is 46.2 Å². The molecule has 2 heterocycles. The van der Waals surface area contributed by atoms with Crippen molar-refractivity contribution >= 4 is 0 Å². The molecule has 3 heteroatoms. The van der Waals surface area contributed by atoms with Crippen molar-refractivity contribution in [2.45, 2.75) is 26.3 Å². The Morgan fingerprint density at radius 2 is 2.35 bits per heavy atom. The van der Waals surface area contributed by atoms with Gasteiger partial charge in [0.1, 0.15) is 5.82 Å². The molecule has 1 aliphatic rings. The zero-order valence-corrected chi connectivity index (χ0v) is 10.1. The molecule has 0 unspecified atom stereocenters. The van der Waals surface area contributed by atoms with E-state index in [0.29, 0.717) is 0 Å². The molecule has 2 aromatic rings. The quantitative estimate of drug-likeness (QED) is 0.851. The van der Waals surface area contributed by atoms with Crippen molar-refractivity contribution < 1.29 is 0 Å². The van der Waals surface area contributed by atoms with Gasteiger partial charge in [-0.3, -0.25) is 0 Å². The molecule has 88 valence electrons. The largest absolute Gasteiger partial charge is 0.312 e. The number of hydrogen-bond acceptors (Lipinski definition) is 2. The fourth-order valence-electron chi connectivity index (χ4n) is 2.55. The Hall–Kier alpha value is -1.61. The Labute approximate surface area is 101 Å². The van der Waals surface area contributed by atoms with E-state index < -0.39 is 0 Å². The van der Waals surface area contributed by atoms with E-state index in [0.717, 1.165) is 31.8 Å². The predicted molar refractivity (Wildman–Crippen MR) is 68.4 cm³/mol.